The van der Waals surface area contributed by atoms with Crippen molar-refractivity contribution in [3.05, 3.63) is 40.7 Å². The predicted molar refractivity (Wildman–Crippen MR) is 61.1 cm³/mol. The highest BCUT2D eigenvalue weighted by atomic mass is 16.5. The molecule has 0 radical (unpaired) electrons. The lowest BCUT2D eigenvalue weighted by Crippen LogP contribution is -2.33. The molecule has 3 aromatic rings. The number of fused-ring (bicyclic) bond motifs is 3. The van der Waals surface area contributed by atoms with E-state index in [1.165, 1.54) is 10.7 Å². The highest BCUT2D eigenvalue weighted by Gasteiger charge is 2.19. The number of rotatable bonds is 1. The Labute approximate surface area is 100 Å². The summed E-state index contributed by atoms with van der Waals surface area (Å²) in [5.41, 5.74) is 1.76. The summed E-state index contributed by atoms with van der Waals surface area (Å²) < 4.78 is 1.36. The van der Waals surface area contributed by atoms with Gasteiger partial charge in [0.25, 0.3) is 5.52 Å². The number of aryl methyl sites for hydroxylation is 1. The number of hydrogen-bond acceptors (Lipinski definition) is 4. The molecule has 0 amide bonds. The van der Waals surface area contributed by atoms with Crippen LogP contribution in [0.5, 0.6) is 0 Å². The summed E-state index contributed by atoms with van der Waals surface area (Å²) in [6, 6.07) is 5.18. The summed E-state index contributed by atoms with van der Waals surface area (Å²) in [6.45, 7) is 1.88. The molecule has 0 saturated carbocycles. The maximum Gasteiger partial charge on any atom is 0.341 e. The van der Waals surface area contributed by atoms with E-state index in [4.69, 9.17) is 5.11 Å². The fourth-order valence-electron chi connectivity index (χ4n) is 1.87. The van der Waals surface area contributed by atoms with Gasteiger partial charge in [0, 0.05) is 11.2 Å². The molecule has 0 aliphatic carbocycles. The van der Waals surface area contributed by atoms with Crippen molar-refractivity contribution in [1.29, 1.82) is 0 Å². The molecule has 1 aromatic carbocycles. The van der Waals surface area contributed by atoms with Gasteiger partial charge in [-0.1, -0.05) is 6.07 Å². The van der Waals surface area contributed by atoms with Crippen molar-refractivity contribution in [2.75, 3.05) is 0 Å². The van der Waals surface area contributed by atoms with E-state index in [-0.39, 0.29) is 11.2 Å². The van der Waals surface area contributed by atoms with Crippen LogP contribution in [0, 0.1) is 12.1 Å². The number of aromatic carboxylic acids is 1. The van der Waals surface area contributed by atoms with Gasteiger partial charge in [-0.3, -0.25) is 0 Å². The van der Waals surface area contributed by atoms with Crippen molar-refractivity contribution < 1.29 is 14.7 Å². The molecule has 3 rings (SSSR count). The van der Waals surface area contributed by atoms with Gasteiger partial charge in [0.1, 0.15) is 11.1 Å². The first kappa shape index (κ1) is 10.5. The number of hydrogen-bond donors (Lipinski definition) is 1. The second kappa shape index (κ2) is 3.39. The van der Waals surface area contributed by atoms with E-state index in [0.717, 1.165) is 5.56 Å². The molecule has 0 bridgehead atoms. The van der Waals surface area contributed by atoms with Crippen molar-refractivity contribution in [2.45, 2.75) is 6.92 Å². The topological polar surface area (TPSA) is 94.4 Å². The average Bonchev–Trinajstić information content (AvgIpc) is 2.72. The summed E-state index contributed by atoms with van der Waals surface area (Å²) in [4.78, 5) is 11.4. The van der Waals surface area contributed by atoms with Crippen LogP contribution in [0.15, 0.2) is 24.4 Å². The number of carboxylic acids is 1. The number of carboxylic acid groups (broad SMARTS) is 1. The Morgan fingerprint density at radius 2 is 2.28 bits per heavy atom. The zero-order chi connectivity index (χ0) is 12.9. The molecule has 2 heterocycles. The van der Waals surface area contributed by atoms with E-state index in [0.29, 0.717) is 15.9 Å². The Hall–Kier alpha value is -2.70. The molecule has 0 atom stereocenters. The Morgan fingerprint density at radius 3 is 3.00 bits per heavy atom. The van der Waals surface area contributed by atoms with Gasteiger partial charge in [-0.05, 0) is 23.4 Å². The van der Waals surface area contributed by atoms with E-state index in [2.05, 4.69) is 10.2 Å². The number of carbonyl (C=O) groups is 1. The average molecular weight is 244 g/mol. The lowest BCUT2D eigenvalue weighted by atomic mass is 10.2. The van der Waals surface area contributed by atoms with E-state index in [9.17, 15) is 10.0 Å². The molecule has 0 unspecified atom stereocenters. The molecule has 18 heavy (non-hydrogen) atoms. The minimum Gasteiger partial charge on any atom is -0.594 e. The maximum absolute atomic E-state index is 11.7. The molecule has 0 saturated heterocycles. The van der Waals surface area contributed by atoms with Crippen LogP contribution in [0.2, 0.25) is 0 Å². The second-order valence-corrected chi connectivity index (χ2v) is 3.96. The number of aromatic nitrogens is 4. The van der Waals surface area contributed by atoms with E-state index in [1.807, 2.05) is 6.92 Å². The van der Waals surface area contributed by atoms with E-state index >= 15 is 0 Å². The molecular formula is C11H8N4O3. The fourth-order valence-corrected chi connectivity index (χ4v) is 1.87. The van der Waals surface area contributed by atoms with Gasteiger partial charge in [-0.15, -0.1) is 0 Å². The van der Waals surface area contributed by atoms with Crippen LogP contribution in [0.3, 0.4) is 0 Å². The Kier molecular flexibility index (Phi) is 1.97. The molecule has 0 spiro atoms. The van der Waals surface area contributed by atoms with E-state index < -0.39 is 5.97 Å². The molecule has 0 aliphatic heterocycles. The largest absolute Gasteiger partial charge is 0.594 e. The van der Waals surface area contributed by atoms with Gasteiger partial charge in [0.2, 0.25) is 5.65 Å². The van der Waals surface area contributed by atoms with Crippen molar-refractivity contribution in [3.8, 4) is 0 Å². The van der Waals surface area contributed by atoms with Crippen LogP contribution in [0.25, 0.3) is 16.7 Å². The smallest absolute Gasteiger partial charge is 0.341 e. The minimum absolute atomic E-state index is 0.0376. The van der Waals surface area contributed by atoms with Crippen molar-refractivity contribution in [3.63, 3.8) is 0 Å². The first-order valence-electron chi connectivity index (χ1n) is 5.19. The normalized spacial score (nSPS) is 11.2. The number of benzene rings is 1. The molecule has 1 N–H and O–H groups in total. The van der Waals surface area contributed by atoms with Crippen molar-refractivity contribution in [1.82, 2.24) is 14.7 Å². The summed E-state index contributed by atoms with van der Waals surface area (Å²) in [5, 5.41) is 28.4. The third kappa shape index (κ3) is 1.30. The molecule has 90 valence electrons. The summed E-state index contributed by atoms with van der Waals surface area (Å²) in [6.07, 6.45) is 1.19. The fraction of sp³-hybridized carbons (Fsp3) is 0.0909. The lowest BCUT2D eigenvalue weighted by Gasteiger charge is -2.02. The minimum atomic E-state index is -1.16. The van der Waals surface area contributed by atoms with E-state index in [1.54, 1.807) is 18.2 Å². The molecule has 0 aliphatic rings. The quantitative estimate of drug-likeness (QED) is 0.497. The second-order valence-electron chi connectivity index (χ2n) is 3.96. The third-order valence-electron chi connectivity index (χ3n) is 2.72. The van der Waals surface area contributed by atoms with Gasteiger partial charge in [0.05, 0.1) is 6.20 Å². The molecule has 7 heteroatoms. The SMILES string of the molecule is Cc1ccc2c(c1)n1ncc(C(=O)O)c1n[n+]2[O-]. The first-order valence-corrected chi connectivity index (χ1v) is 5.19. The maximum atomic E-state index is 11.7. The van der Waals surface area contributed by atoms with Crippen LogP contribution in [0.4, 0.5) is 0 Å². The van der Waals surface area contributed by atoms with Gasteiger partial charge < -0.3 is 10.3 Å². The number of nitrogens with zero attached hydrogens (tertiary/aromatic N) is 4. The van der Waals surface area contributed by atoms with Gasteiger partial charge >= 0.3 is 5.97 Å². The monoisotopic (exact) mass is 244 g/mol. The Bertz CT molecular complexity index is 794. The third-order valence-corrected chi connectivity index (χ3v) is 2.72. The molecule has 2 aromatic heterocycles. The van der Waals surface area contributed by atoms with Gasteiger partial charge in [-0.25, -0.2) is 9.31 Å². The predicted octanol–water partition coefficient (Wildman–Crippen LogP) is 0.523. The van der Waals surface area contributed by atoms with Crippen LogP contribution in [0.1, 0.15) is 15.9 Å². The Balaban J connectivity index is 2.54. The molecule has 0 fully saturated rings. The summed E-state index contributed by atoms with van der Waals surface area (Å²) in [5.74, 6) is -1.16. The lowest BCUT2D eigenvalue weighted by molar-refractivity contribution is -0.640. The standard InChI is InChI=1S/C11H8N4O3/c1-6-2-3-8-9(4-6)14-10(13-15(8)18)7(5-12-14)11(16)17/h2-5H,1H3,(H,16,17). The molecule has 7 nitrogen and oxygen atoms in total. The highest BCUT2D eigenvalue weighted by molar-refractivity contribution is 5.94. The molecular weight excluding hydrogens is 236 g/mol. The van der Waals surface area contributed by atoms with Crippen LogP contribution in [-0.4, -0.2) is 25.8 Å². The zero-order valence-electron chi connectivity index (χ0n) is 9.36. The van der Waals surface area contributed by atoms with Crippen LogP contribution >= 0.6 is 0 Å². The summed E-state index contributed by atoms with van der Waals surface area (Å²) in [7, 11) is 0. The van der Waals surface area contributed by atoms with Gasteiger partial charge in [0.15, 0.2) is 0 Å². The zero-order valence-corrected chi connectivity index (χ0v) is 9.36. The van der Waals surface area contributed by atoms with Crippen LogP contribution < -0.4 is 4.85 Å². The van der Waals surface area contributed by atoms with Gasteiger partial charge in [-0.2, -0.15) is 5.10 Å². The van der Waals surface area contributed by atoms with Crippen LogP contribution in [-0.2, 0) is 0 Å². The first-order chi connectivity index (χ1) is 8.58. The van der Waals surface area contributed by atoms with Crippen molar-refractivity contribution >= 4 is 22.6 Å². The van der Waals surface area contributed by atoms with Crippen molar-refractivity contribution in [2.24, 2.45) is 0 Å². The highest BCUT2D eigenvalue weighted by Crippen LogP contribution is 2.15. The Morgan fingerprint density at radius 1 is 1.50 bits per heavy atom. The summed E-state index contributed by atoms with van der Waals surface area (Å²) >= 11 is 0.